The zero-order chi connectivity index (χ0) is 14.8. The second-order valence-corrected chi connectivity index (χ2v) is 7.66. The molecule has 112 valence electrons. The molecular weight excluding hydrogens is 296 g/mol. The van der Waals surface area contributed by atoms with Crippen molar-refractivity contribution in [1.82, 2.24) is 9.62 Å². The highest BCUT2D eigenvalue weighted by atomic mass is 35.5. The Kier molecular flexibility index (Phi) is 5.07. The van der Waals surface area contributed by atoms with E-state index in [-0.39, 0.29) is 0 Å². The van der Waals surface area contributed by atoms with Crippen LogP contribution in [-0.4, -0.2) is 39.4 Å². The SMILES string of the molecule is CNCC1CCN(S(=O)(=O)c2ccc(Cl)cc2C)CC1. The summed E-state index contributed by atoms with van der Waals surface area (Å²) in [5.41, 5.74) is 0.704. The van der Waals surface area contributed by atoms with E-state index in [4.69, 9.17) is 11.6 Å². The topological polar surface area (TPSA) is 49.4 Å². The number of rotatable bonds is 4. The van der Waals surface area contributed by atoms with Crippen LogP contribution in [0.15, 0.2) is 23.1 Å². The van der Waals surface area contributed by atoms with Crippen molar-refractivity contribution in [1.29, 1.82) is 0 Å². The lowest BCUT2D eigenvalue weighted by atomic mass is 9.98. The molecule has 0 atom stereocenters. The summed E-state index contributed by atoms with van der Waals surface area (Å²) in [7, 11) is -1.46. The molecule has 6 heteroatoms. The molecule has 2 rings (SSSR count). The number of hydrogen-bond acceptors (Lipinski definition) is 3. The van der Waals surface area contributed by atoms with Crippen molar-refractivity contribution in [2.45, 2.75) is 24.7 Å². The maximum absolute atomic E-state index is 12.7. The first-order valence-corrected chi connectivity index (χ1v) is 8.68. The third-order valence-corrected chi connectivity index (χ3v) is 6.12. The minimum absolute atomic E-state index is 0.369. The number of aryl methyl sites for hydroxylation is 1. The van der Waals surface area contributed by atoms with Crippen LogP contribution in [0, 0.1) is 12.8 Å². The Labute approximate surface area is 126 Å². The Hall–Kier alpha value is -0.620. The molecule has 0 aliphatic carbocycles. The van der Waals surface area contributed by atoms with Gasteiger partial charge in [-0.25, -0.2) is 8.42 Å². The maximum Gasteiger partial charge on any atom is 0.243 e. The fourth-order valence-electron chi connectivity index (χ4n) is 2.68. The number of piperidine rings is 1. The number of nitrogens with one attached hydrogen (secondary N) is 1. The normalized spacial score (nSPS) is 18.4. The summed E-state index contributed by atoms with van der Waals surface area (Å²) >= 11 is 5.89. The summed E-state index contributed by atoms with van der Waals surface area (Å²) in [5.74, 6) is 0.567. The summed E-state index contributed by atoms with van der Waals surface area (Å²) in [6.45, 7) is 3.92. The molecule has 4 nitrogen and oxygen atoms in total. The lowest BCUT2D eigenvalue weighted by Crippen LogP contribution is -2.40. The van der Waals surface area contributed by atoms with Gasteiger partial charge >= 0.3 is 0 Å². The van der Waals surface area contributed by atoms with Crippen LogP contribution in [0.4, 0.5) is 0 Å². The van der Waals surface area contributed by atoms with Gasteiger partial charge in [0.1, 0.15) is 0 Å². The van der Waals surface area contributed by atoms with Gasteiger partial charge in [0.05, 0.1) is 4.90 Å². The van der Waals surface area contributed by atoms with Crippen LogP contribution in [0.25, 0.3) is 0 Å². The highest BCUT2D eigenvalue weighted by molar-refractivity contribution is 7.89. The number of nitrogens with zero attached hydrogens (tertiary/aromatic N) is 1. The molecule has 0 spiro atoms. The molecule has 1 aromatic carbocycles. The van der Waals surface area contributed by atoms with Crippen LogP contribution >= 0.6 is 11.6 Å². The number of halogens is 1. The van der Waals surface area contributed by atoms with Gasteiger partial charge in [-0.3, -0.25) is 0 Å². The Bertz CT molecular complexity index is 567. The van der Waals surface area contributed by atoms with E-state index in [1.54, 1.807) is 29.4 Å². The molecule has 1 fully saturated rings. The van der Waals surface area contributed by atoms with E-state index in [1.807, 2.05) is 7.05 Å². The molecule has 0 aromatic heterocycles. The highest BCUT2D eigenvalue weighted by Gasteiger charge is 2.30. The van der Waals surface area contributed by atoms with E-state index in [9.17, 15) is 8.42 Å². The first-order valence-electron chi connectivity index (χ1n) is 6.86. The third-order valence-electron chi connectivity index (χ3n) is 3.82. The summed E-state index contributed by atoms with van der Waals surface area (Å²) in [6.07, 6.45) is 1.82. The van der Waals surface area contributed by atoms with Crippen molar-refractivity contribution >= 4 is 21.6 Å². The Morgan fingerprint density at radius 2 is 2.00 bits per heavy atom. The Balaban J connectivity index is 2.15. The average Bonchev–Trinajstić information content (AvgIpc) is 2.39. The van der Waals surface area contributed by atoms with Gasteiger partial charge in [0.15, 0.2) is 0 Å². The van der Waals surface area contributed by atoms with Crippen molar-refractivity contribution < 1.29 is 8.42 Å². The zero-order valence-electron chi connectivity index (χ0n) is 11.9. The van der Waals surface area contributed by atoms with Crippen LogP contribution in [0.1, 0.15) is 18.4 Å². The molecule has 1 aliphatic heterocycles. The van der Waals surface area contributed by atoms with Crippen molar-refractivity contribution in [3.63, 3.8) is 0 Å². The molecule has 20 heavy (non-hydrogen) atoms. The van der Waals surface area contributed by atoms with E-state index in [2.05, 4.69) is 5.32 Å². The van der Waals surface area contributed by atoms with E-state index in [0.717, 1.165) is 19.4 Å². The Morgan fingerprint density at radius 1 is 1.35 bits per heavy atom. The second-order valence-electron chi connectivity index (χ2n) is 5.31. The maximum atomic E-state index is 12.7. The molecule has 0 bridgehead atoms. The summed E-state index contributed by atoms with van der Waals surface area (Å²) in [6, 6.07) is 4.93. The van der Waals surface area contributed by atoms with Gasteiger partial charge in [0.2, 0.25) is 10.0 Å². The summed E-state index contributed by atoms with van der Waals surface area (Å²) < 4.78 is 26.9. The van der Waals surface area contributed by atoms with Crippen LogP contribution in [0.2, 0.25) is 5.02 Å². The van der Waals surface area contributed by atoms with Gasteiger partial charge < -0.3 is 5.32 Å². The molecule has 1 saturated heterocycles. The van der Waals surface area contributed by atoms with Crippen LogP contribution in [-0.2, 0) is 10.0 Å². The lowest BCUT2D eigenvalue weighted by Gasteiger charge is -2.31. The summed E-state index contributed by atoms with van der Waals surface area (Å²) in [5, 5.41) is 3.72. The van der Waals surface area contributed by atoms with Crippen LogP contribution in [0.3, 0.4) is 0 Å². The predicted octanol–water partition coefficient (Wildman–Crippen LogP) is 2.27. The van der Waals surface area contributed by atoms with Gasteiger partial charge in [-0.1, -0.05) is 11.6 Å². The number of benzene rings is 1. The van der Waals surface area contributed by atoms with Crippen LogP contribution in [0.5, 0.6) is 0 Å². The van der Waals surface area contributed by atoms with Crippen molar-refractivity contribution in [2.24, 2.45) is 5.92 Å². The predicted molar refractivity (Wildman–Crippen MR) is 81.6 cm³/mol. The minimum atomic E-state index is -3.39. The van der Waals surface area contributed by atoms with Gasteiger partial charge in [-0.2, -0.15) is 4.31 Å². The first-order chi connectivity index (χ1) is 9.45. The van der Waals surface area contributed by atoms with Gasteiger partial charge in [-0.15, -0.1) is 0 Å². The van der Waals surface area contributed by atoms with E-state index >= 15 is 0 Å². The van der Waals surface area contributed by atoms with Gasteiger partial charge in [0, 0.05) is 18.1 Å². The Morgan fingerprint density at radius 3 is 2.55 bits per heavy atom. The molecule has 1 aromatic rings. The fourth-order valence-corrected chi connectivity index (χ4v) is 4.59. The molecule has 1 aliphatic rings. The smallest absolute Gasteiger partial charge is 0.243 e. The first kappa shape index (κ1) is 15.8. The van der Waals surface area contributed by atoms with Crippen molar-refractivity contribution in [3.05, 3.63) is 28.8 Å². The van der Waals surface area contributed by atoms with E-state index in [0.29, 0.717) is 34.5 Å². The van der Waals surface area contributed by atoms with Crippen LogP contribution < -0.4 is 5.32 Å². The van der Waals surface area contributed by atoms with E-state index < -0.39 is 10.0 Å². The second kappa shape index (κ2) is 6.43. The highest BCUT2D eigenvalue weighted by Crippen LogP contribution is 2.26. The van der Waals surface area contributed by atoms with E-state index in [1.165, 1.54) is 0 Å². The minimum Gasteiger partial charge on any atom is -0.319 e. The molecule has 1 N–H and O–H groups in total. The molecule has 0 unspecified atom stereocenters. The molecule has 0 amide bonds. The monoisotopic (exact) mass is 316 g/mol. The quantitative estimate of drug-likeness (QED) is 0.927. The summed E-state index contributed by atoms with van der Waals surface area (Å²) in [4.78, 5) is 0.369. The van der Waals surface area contributed by atoms with Crippen molar-refractivity contribution in [3.8, 4) is 0 Å². The number of sulfonamides is 1. The average molecular weight is 317 g/mol. The molecule has 0 radical (unpaired) electrons. The van der Waals surface area contributed by atoms with Crippen molar-refractivity contribution in [2.75, 3.05) is 26.7 Å². The lowest BCUT2D eigenvalue weighted by molar-refractivity contribution is 0.270. The third kappa shape index (κ3) is 3.34. The zero-order valence-corrected chi connectivity index (χ0v) is 13.5. The van der Waals surface area contributed by atoms with Gasteiger partial charge in [0.25, 0.3) is 0 Å². The van der Waals surface area contributed by atoms with Gasteiger partial charge in [-0.05, 0) is 63.0 Å². The molecule has 0 saturated carbocycles. The molecule has 1 heterocycles. The largest absolute Gasteiger partial charge is 0.319 e. The number of hydrogen-bond donors (Lipinski definition) is 1. The standard InChI is InChI=1S/C14H21ClN2O2S/c1-11-9-13(15)3-4-14(11)20(18,19)17-7-5-12(6-8-17)10-16-2/h3-4,9,12,16H,5-8,10H2,1-2H3. The fraction of sp³-hybridized carbons (Fsp3) is 0.571. The molecular formula is C14H21ClN2O2S.